The van der Waals surface area contributed by atoms with Crippen LogP contribution in [0.15, 0.2) is 78.1 Å². The fourth-order valence-corrected chi connectivity index (χ4v) is 4.26. The van der Waals surface area contributed by atoms with Gasteiger partial charge >= 0.3 is 0 Å². The zero-order valence-corrected chi connectivity index (χ0v) is 19.8. The molecular weight excluding hydrogens is 487 g/mol. The van der Waals surface area contributed by atoms with Gasteiger partial charge < -0.3 is 0 Å². The first-order valence-electron chi connectivity index (χ1n) is 11.1. The van der Waals surface area contributed by atoms with Crippen molar-refractivity contribution in [2.24, 2.45) is 5.92 Å². The maximum atomic E-state index is 13.0. The summed E-state index contributed by atoms with van der Waals surface area (Å²) in [6.45, 7) is 0.588. The Morgan fingerprint density at radius 2 is 1.86 bits per heavy atom. The van der Waals surface area contributed by atoms with E-state index in [1.807, 2.05) is 12.1 Å². The number of aromatic amines is 1. The van der Waals surface area contributed by atoms with Gasteiger partial charge in [0.1, 0.15) is 0 Å². The van der Waals surface area contributed by atoms with E-state index in [-0.39, 0.29) is 19.6 Å². The van der Waals surface area contributed by atoms with Gasteiger partial charge in [-0.1, -0.05) is 24.3 Å². The van der Waals surface area contributed by atoms with E-state index in [4.69, 9.17) is 4.55 Å². The molecule has 1 aliphatic heterocycles. The van der Waals surface area contributed by atoms with E-state index in [1.165, 1.54) is 24.4 Å². The Labute approximate surface area is 210 Å². The Morgan fingerprint density at radius 3 is 2.50 bits per heavy atom. The number of nitrogens with one attached hydrogen (secondary N) is 1. The molecule has 1 aliphatic rings. The number of pyridine rings is 2. The van der Waals surface area contributed by atoms with Crippen molar-refractivity contribution in [3.63, 3.8) is 0 Å². The van der Waals surface area contributed by atoms with Crippen molar-refractivity contribution >= 4 is 22.0 Å². The molecule has 0 radical (unpaired) electrons. The van der Waals surface area contributed by atoms with E-state index >= 15 is 0 Å². The molecule has 190 valence electrons. The maximum absolute atomic E-state index is 13.0. The standard InChI is InChI=1S/C18H17FN6O.C6H6O3S.2H2/c19-15-4-3-12(11-21-15)10-14-2-1-9-25(17(14)26)18-22-16(23-24-18)13-5-7-20-8-6-13;7-10(8,9)6-4-2-1-3-5-6;;/h3-8,11,14H,1-2,9-10H2,(H,22,23,24);1-5H,(H,7,8,9);2*1H/t14-;;;/m0.../s1. The lowest BCUT2D eigenvalue weighted by Crippen LogP contribution is -2.42. The first-order chi connectivity index (χ1) is 17.3. The summed E-state index contributed by atoms with van der Waals surface area (Å²) in [5.41, 5.74) is 1.70. The van der Waals surface area contributed by atoms with Crippen molar-refractivity contribution in [3.8, 4) is 11.4 Å². The molecule has 0 spiro atoms. The number of carbonyl (C=O) groups excluding carboxylic acids is 1. The number of hydrogen-bond donors (Lipinski definition) is 2. The average molecular weight is 515 g/mol. The van der Waals surface area contributed by atoms with E-state index < -0.39 is 16.1 Å². The first-order valence-corrected chi connectivity index (χ1v) is 12.5. The summed E-state index contributed by atoms with van der Waals surface area (Å²) in [5.74, 6) is 0.262. The number of hydrogen-bond acceptors (Lipinski definition) is 7. The molecule has 12 heteroatoms. The highest BCUT2D eigenvalue weighted by atomic mass is 32.2. The lowest BCUT2D eigenvalue weighted by atomic mass is 9.91. The third-order valence-electron chi connectivity index (χ3n) is 5.53. The topological polar surface area (TPSA) is 142 Å². The number of benzene rings is 1. The minimum atomic E-state index is -4.00. The normalized spacial score (nSPS) is 15.8. The van der Waals surface area contributed by atoms with Crippen molar-refractivity contribution in [2.75, 3.05) is 11.4 Å². The van der Waals surface area contributed by atoms with Gasteiger partial charge in [0.15, 0.2) is 5.82 Å². The average Bonchev–Trinajstić information content (AvgIpc) is 3.38. The molecule has 3 aromatic heterocycles. The van der Waals surface area contributed by atoms with Crippen LogP contribution in [-0.4, -0.2) is 50.6 Å². The number of H-pyrrole nitrogens is 1. The second kappa shape index (κ2) is 11.1. The Morgan fingerprint density at radius 1 is 1.11 bits per heavy atom. The van der Waals surface area contributed by atoms with Crippen molar-refractivity contribution in [1.29, 1.82) is 0 Å². The molecule has 0 aliphatic carbocycles. The van der Waals surface area contributed by atoms with Gasteiger partial charge in [0.05, 0.1) is 4.90 Å². The summed E-state index contributed by atoms with van der Waals surface area (Å²) < 4.78 is 42.2. The van der Waals surface area contributed by atoms with Crippen LogP contribution in [-0.2, 0) is 21.3 Å². The monoisotopic (exact) mass is 514 g/mol. The molecule has 4 aromatic rings. The molecule has 5 rings (SSSR count). The third kappa shape index (κ3) is 6.34. The molecule has 1 atom stereocenters. The minimum Gasteiger partial charge on any atom is -0.282 e. The molecule has 2 N–H and O–H groups in total. The number of anilines is 1. The van der Waals surface area contributed by atoms with Crippen LogP contribution in [0, 0.1) is 11.9 Å². The lowest BCUT2D eigenvalue weighted by Gasteiger charge is -2.29. The molecule has 1 amide bonds. The van der Waals surface area contributed by atoms with Crippen molar-refractivity contribution < 1.29 is 25.0 Å². The summed E-state index contributed by atoms with van der Waals surface area (Å²) in [6.07, 6.45) is 7.02. The van der Waals surface area contributed by atoms with Crippen molar-refractivity contribution in [3.05, 3.63) is 84.7 Å². The second-order valence-corrected chi connectivity index (χ2v) is 9.45. The van der Waals surface area contributed by atoms with Gasteiger partial charge in [0.2, 0.25) is 11.9 Å². The van der Waals surface area contributed by atoms with Gasteiger partial charge in [-0.2, -0.15) is 17.8 Å². The molecule has 1 saturated heterocycles. The fourth-order valence-electron chi connectivity index (χ4n) is 3.75. The Kier molecular flexibility index (Phi) is 7.76. The number of amides is 1. The van der Waals surface area contributed by atoms with Crippen LogP contribution in [0.2, 0.25) is 0 Å². The SMILES string of the molecule is O=C1[C@H](Cc2ccc(F)nc2)CCCN1c1n[nH]c(-c2ccncc2)n1.O=S(=O)(O)c1ccccc1.[HH].[HH]. The van der Waals surface area contributed by atoms with E-state index in [2.05, 4.69) is 25.1 Å². The Bertz CT molecular complexity index is 1410. The third-order valence-corrected chi connectivity index (χ3v) is 6.40. The summed E-state index contributed by atoms with van der Waals surface area (Å²) in [4.78, 5) is 26.5. The molecule has 1 fully saturated rings. The predicted molar refractivity (Wildman–Crippen MR) is 133 cm³/mol. The summed E-state index contributed by atoms with van der Waals surface area (Å²) >= 11 is 0. The van der Waals surface area contributed by atoms with Gasteiger partial charge in [-0.05, 0) is 55.2 Å². The molecule has 10 nitrogen and oxygen atoms in total. The van der Waals surface area contributed by atoms with Crippen LogP contribution in [0.4, 0.5) is 10.3 Å². The van der Waals surface area contributed by atoms with Crippen LogP contribution in [0.5, 0.6) is 0 Å². The zero-order chi connectivity index (χ0) is 25.5. The van der Waals surface area contributed by atoms with Crippen LogP contribution >= 0.6 is 0 Å². The van der Waals surface area contributed by atoms with Crippen LogP contribution < -0.4 is 4.90 Å². The van der Waals surface area contributed by atoms with E-state index in [9.17, 15) is 17.6 Å². The van der Waals surface area contributed by atoms with E-state index in [1.54, 1.807) is 41.6 Å². The Hall–Kier alpha value is -4.03. The largest absolute Gasteiger partial charge is 0.294 e. The van der Waals surface area contributed by atoms with Crippen LogP contribution in [0.1, 0.15) is 21.3 Å². The Balaban J connectivity index is 0.000000361. The highest BCUT2D eigenvalue weighted by Crippen LogP contribution is 2.26. The summed E-state index contributed by atoms with van der Waals surface area (Å²) in [6, 6.07) is 14.1. The zero-order valence-electron chi connectivity index (χ0n) is 19.0. The fraction of sp³-hybridized carbons (Fsp3) is 0.208. The molecule has 4 heterocycles. The molecule has 1 aromatic carbocycles. The number of aromatic nitrogens is 5. The number of carbonyl (C=O) groups is 1. The van der Waals surface area contributed by atoms with Crippen LogP contribution in [0.3, 0.4) is 0 Å². The van der Waals surface area contributed by atoms with Gasteiger partial charge in [-0.3, -0.25) is 24.3 Å². The number of piperidine rings is 1. The minimum absolute atomic E-state index is 0. The molecule has 0 bridgehead atoms. The molecule has 0 saturated carbocycles. The number of rotatable bonds is 5. The van der Waals surface area contributed by atoms with Crippen molar-refractivity contribution in [2.45, 2.75) is 24.2 Å². The van der Waals surface area contributed by atoms with Gasteiger partial charge in [0.25, 0.3) is 16.1 Å². The van der Waals surface area contributed by atoms with Gasteiger partial charge in [0, 0.05) is 39.5 Å². The molecule has 0 unspecified atom stereocenters. The summed E-state index contributed by atoms with van der Waals surface area (Å²) in [5, 5.41) is 7.08. The highest BCUT2D eigenvalue weighted by Gasteiger charge is 2.32. The maximum Gasteiger partial charge on any atom is 0.294 e. The quantitative estimate of drug-likeness (QED) is 0.302. The van der Waals surface area contributed by atoms with Crippen LogP contribution in [0.25, 0.3) is 11.4 Å². The smallest absolute Gasteiger partial charge is 0.282 e. The lowest BCUT2D eigenvalue weighted by molar-refractivity contribution is -0.123. The summed E-state index contributed by atoms with van der Waals surface area (Å²) in [7, 11) is -4.00. The second-order valence-electron chi connectivity index (χ2n) is 8.03. The van der Waals surface area contributed by atoms with Crippen molar-refractivity contribution in [1.82, 2.24) is 25.1 Å². The first kappa shape index (κ1) is 25.1. The highest BCUT2D eigenvalue weighted by molar-refractivity contribution is 7.85. The molecular formula is C24H27FN6O4S. The number of halogens is 1. The van der Waals surface area contributed by atoms with E-state index in [0.29, 0.717) is 24.7 Å². The number of nitrogens with zero attached hydrogens (tertiary/aromatic N) is 5. The van der Waals surface area contributed by atoms with E-state index in [0.717, 1.165) is 24.0 Å². The molecule has 36 heavy (non-hydrogen) atoms. The van der Waals surface area contributed by atoms with Gasteiger partial charge in [-0.25, -0.2) is 4.98 Å². The van der Waals surface area contributed by atoms with Gasteiger partial charge in [-0.15, -0.1) is 5.10 Å². The predicted octanol–water partition coefficient (Wildman–Crippen LogP) is 3.81.